The number of benzene rings is 2. The summed E-state index contributed by atoms with van der Waals surface area (Å²) in [6.45, 7) is 0. The standard InChI is InChI=1S/C15H10ClF2NOS/c16-10-3-1-9(2-4-10)15-19(14(20)8-21-15)13-6-5-11(17)7-12(13)18/h1-7,15H,8H2/t15-/m1/s1. The van der Waals surface area contributed by atoms with Gasteiger partial charge in [0.1, 0.15) is 17.0 Å². The molecule has 1 amide bonds. The highest BCUT2D eigenvalue weighted by Crippen LogP contribution is 2.42. The molecule has 1 aliphatic rings. The van der Waals surface area contributed by atoms with Crippen LogP contribution in [0.4, 0.5) is 14.5 Å². The van der Waals surface area contributed by atoms with E-state index in [1.807, 2.05) is 0 Å². The molecule has 1 saturated heterocycles. The number of rotatable bonds is 2. The van der Waals surface area contributed by atoms with E-state index in [1.165, 1.54) is 22.7 Å². The third kappa shape index (κ3) is 2.76. The zero-order chi connectivity index (χ0) is 15.0. The number of carbonyl (C=O) groups excluding carboxylic acids is 1. The maximum atomic E-state index is 14.0. The second-order valence-electron chi connectivity index (χ2n) is 4.57. The molecule has 1 heterocycles. The van der Waals surface area contributed by atoms with Crippen LogP contribution >= 0.6 is 23.4 Å². The van der Waals surface area contributed by atoms with Gasteiger partial charge in [-0.3, -0.25) is 9.69 Å². The predicted octanol–water partition coefficient (Wildman–Crippen LogP) is 4.40. The van der Waals surface area contributed by atoms with Crippen molar-refractivity contribution in [1.29, 1.82) is 0 Å². The fourth-order valence-corrected chi connectivity index (χ4v) is 3.53. The van der Waals surface area contributed by atoms with Crippen molar-refractivity contribution in [2.24, 2.45) is 0 Å². The van der Waals surface area contributed by atoms with Gasteiger partial charge in [0.05, 0.1) is 11.4 Å². The van der Waals surface area contributed by atoms with E-state index in [0.717, 1.165) is 17.7 Å². The summed E-state index contributed by atoms with van der Waals surface area (Å²) in [7, 11) is 0. The molecule has 108 valence electrons. The highest BCUT2D eigenvalue weighted by atomic mass is 35.5. The van der Waals surface area contributed by atoms with Gasteiger partial charge in [-0.25, -0.2) is 8.78 Å². The second kappa shape index (κ2) is 5.66. The van der Waals surface area contributed by atoms with E-state index in [-0.39, 0.29) is 22.7 Å². The molecule has 6 heteroatoms. The quantitative estimate of drug-likeness (QED) is 0.816. The maximum Gasteiger partial charge on any atom is 0.238 e. The van der Waals surface area contributed by atoms with Gasteiger partial charge in [0.15, 0.2) is 0 Å². The van der Waals surface area contributed by atoms with Crippen LogP contribution in [0.2, 0.25) is 5.02 Å². The van der Waals surface area contributed by atoms with Crippen molar-refractivity contribution in [2.75, 3.05) is 10.7 Å². The van der Waals surface area contributed by atoms with E-state index in [1.54, 1.807) is 24.3 Å². The minimum absolute atomic E-state index is 0.0892. The molecule has 1 fully saturated rings. The monoisotopic (exact) mass is 325 g/mol. The topological polar surface area (TPSA) is 20.3 Å². The Labute approximate surface area is 129 Å². The molecule has 21 heavy (non-hydrogen) atoms. The van der Waals surface area contributed by atoms with Crippen LogP contribution in [0.3, 0.4) is 0 Å². The largest absolute Gasteiger partial charge is 0.292 e. The van der Waals surface area contributed by atoms with Crippen LogP contribution in [0.15, 0.2) is 42.5 Å². The molecule has 3 rings (SSSR count). The fraction of sp³-hybridized carbons (Fsp3) is 0.133. The lowest BCUT2D eigenvalue weighted by atomic mass is 10.2. The summed E-state index contributed by atoms with van der Waals surface area (Å²) in [4.78, 5) is 13.4. The first kappa shape index (κ1) is 14.4. The molecular formula is C15H10ClF2NOS. The van der Waals surface area contributed by atoms with Crippen molar-refractivity contribution < 1.29 is 13.6 Å². The lowest BCUT2D eigenvalue weighted by Gasteiger charge is -2.24. The average Bonchev–Trinajstić information content (AvgIpc) is 2.82. The number of carbonyl (C=O) groups is 1. The first-order valence-corrected chi connectivity index (χ1v) is 7.63. The zero-order valence-corrected chi connectivity index (χ0v) is 12.3. The van der Waals surface area contributed by atoms with Gasteiger partial charge in [-0.15, -0.1) is 11.8 Å². The van der Waals surface area contributed by atoms with Gasteiger partial charge in [-0.05, 0) is 29.8 Å². The molecule has 0 aliphatic carbocycles. The predicted molar refractivity (Wildman–Crippen MR) is 80.5 cm³/mol. The Kier molecular flexibility index (Phi) is 3.87. The van der Waals surface area contributed by atoms with Crippen molar-refractivity contribution in [3.05, 3.63) is 64.7 Å². The first-order valence-electron chi connectivity index (χ1n) is 6.20. The number of halogens is 3. The van der Waals surface area contributed by atoms with E-state index in [9.17, 15) is 13.6 Å². The Morgan fingerprint density at radius 3 is 2.52 bits per heavy atom. The Bertz CT molecular complexity index is 693. The molecule has 1 atom stereocenters. The molecule has 2 nitrogen and oxygen atoms in total. The minimum Gasteiger partial charge on any atom is -0.292 e. The number of amides is 1. The van der Waals surface area contributed by atoms with Crippen molar-refractivity contribution in [3.8, 4) is 0 Å². The molecule has 2 aromatic rings. The van der Waals surface area contributed by atoms with Crippen LogP contribution in [0, 0.1) is 11.6 Å². The molecule has 2 aromatic carbocycles. The summed E-state index contributed by atoms with van der Waals surface area (Å²) in [6, 6.07) is 10.3. The molecule has 0 saturated carbocycles. The van der Waals surface area contributed by atoms with E-state index >= 15 is 0 Å². The zero-order valence-electron chi connectivity index (χ0n) is 10.7. The van der Waals surface area contributed by atoms with E-state index < -0.39 is 11.6 Å². The van der Waals surface area contributed by atoms with Crippen LogP contribution < -0.4 is 4.90 Å². The van der Waals surface area contributed by atoms with Crippen LogP contribution in [-0.4, -0.2) is 11.7 Å². The van der Waals surface area contributed by atoms with Gasteiger partial charge >= 0.3 is 0 Å². The molecular weight excluding hydrogens is 316 g/mol. The number of nitrogens with zero attached hydrogens (tertiary/aromatic N) is 1. The van der Waals surface area contributed by atoms with E-state index in [2.05, 4.69) is 0 Å². The summed E-state index contributed by atoms with van der Waals surface area (Å²) in [5.41, 5.74) is 0.935. The normalized spacial score (nSPS) is 18.3. The Hall–Kier alpha value is -1.59. The number of hydrogen-bond donors (Lipinski definition) is 0. The highest BCUT2D eigenvalue weighted by molar-refractivity contribution is 8.00. The highest BCUT2D eigenvalue weighted by Gasteiger charge is 2.35. The van der Waals surface area contributed by atoms with Gasteiger partial charge < -0.3 is 0 Å². The summed E-state index contributed by atoms with van der Waals surface area (Å²) < 4.78 is 27.0. The summed E-state index contributed by atoms with van der Waals surface area (Å²) in [5.74, 6) is -1.36. The molecule has 0 unspecified atom stereocenters. The summed E-state index contributed by atoms with van der Waals surface area (Å²) in [5, 5.41) is 0.252. The number of thioether (sulfide) groups is 1. The van der Waals surface area contributed by atoms with Crippen LogP contribution in [0.5, 0.6) is 0 Å². The van der Waals surface area contributed by atoms with E-state index in [0.29, 0.717) is 5.02 Å². The summed E-state index contributed by atoms with van der Waals surface area (Å²) >= 11 is 7.25. The lowest BCUT2D eigenvalue weighted by Crippen LogP contribution is -2.28. The first-order chi connectivity index (χ1) is 10.1. The van der Waals surface area contributed by atoms with Crippen molar-refractivity contribution in [1.82, 2.24) is 0 Å². The van der Waals surface area contributed by atoms with Crippen molar-refractivity contribution >= 4 is 35.0 Å². The molecule has 1 aliphatic heterocycles. The molecule has 0 bridgehead atoms. The van der Waals surface area contributed by atoms with Crippen LogP contribution in [0.1, 0.15) is 10.9 Å². The Morgan fingerprint density at radius 1 is 1.14 bits per heavy atom. The lowest BCUT2D eigenvalue weighted by molar-refractivity contribution is -0.115. The Balaban J connectivity index is 2.01. The van der Waals surface area contributed by atoms with Crippen molar-refractivity contribution in [3.63, 3.8) is 0 Å². The number of anilines is 1. The average molecular weight is 326 g/mol. The second-order valence-corrected chi connectivity index (χ2v) is 6.08. The Morgan fingerprint density at radius 2 is 1.86 bits per heavy atom. The molecule has 0 spiro atoms. The van der Waals surface area contributed by atoms with Gasteiger partial charge in [0.25, 0.3) is 0 Å². The smallest absolute Gasteiger partial charge is 0.238 e. The summed E-state index contributed by atoms with van der Waals surface area (Å²) in [6.07, 6.45) is 0. The maximum absolute atomic E-state index is 14.0. The van der Waals surface area contributed by atoms with Crippen molar-refractivity contribution in [2.45, 2.75) is 5.37 Å². The third-order valence-electron chi connectivity index (χ3n) is 3.19. The van der Waals surface area contributed by atoms with Gasteiger partial charge in [-0.2, -0.15) is 0 Å². The van der Waals surface area contributed by atoms with Crippen LogP contribution in [-0.2, 0) is 4.79 Å². The minimum atomic E-state index is -0.746. The molecule has 0 N–H and O–H groups in total. The van der Waals surface area contributed by atoms with Gasteiger partial charge in [-0.1, -0.05) is 23.7 Å². The SMILES string of the molecule is O=C1CS[C@H](c2ccc(Cl)cc2)N1c1ccc(F)cc1F. The third-order valence-corrected chi connectivity index (χ3v) is 4.66. The fourth-order valence-electron chi connectivity index (χ4n) is 2.24. The molecule has 0 radical (unpaired) electrons. The van der Waals surface area contributed by atoms with Gasteiger partial charge in [0.2, 0.25) is 5.91 Å². The van der Waals surface area contributed by atoms with Crippen LogP contribution in [0.25, 0.3) is 0 Å². The molecule has 0 aromatic heterocycles. The number of hydrogen-bond acceptors (Lipinski definition) is 2. The van der Waals surface area contributed by atoms with Gasteiger partial charge in [0, 0.05) is 11.1 Å². The van der Waals surface area contributed by atoms with E-state index in [4.69, 9.17) is 11.6 Å².